The summed E-state index contributed by atoms with van der Waals surface area (Å²) in [6.07, 6.45) is 2.80. The number of amides is 2. The van der Waals surface area contributed by atoms with E-state index < -0.39 is 5.82 Å². The van der Waals surface area contributed by atoms with Crippen LogP contribution in [0.3, 0.4) is 0 Å². The normalized spacial score (nSPS) is 14.1. The number of halogens is 3. The van der Waals surface area contributed by atoms with E-state index in [2.05, 4.69) is 36.7 Å². The van der Waals surface area contributed by atoms with E-state index in [1.165, 1.54) is 18.2 Å². The Bertz CT molecular complexity index is 1500. The van der Waals surface area contributed by atoms with Gasteiger partial charge in [0.05, 0.1) is 23.5 Å². The Labute approximate surface area is 231 Å². The summed E-state index contributed by atoms with van der Waals surface area (Å²) in [6.45, 7) is 3.01. The first kappa shape index (κ1) is 26.1. The van der Waals surface area contributed by atoms with E-state index in [1.54, 1.807) is 21.8 Å². The van der Waals surface area contributed by atoms with Crippen molar-refractivity contribution in [2.75, 3.05) is 13.1 Å². The smallest absolute Gasteiger partial charge is 0.292 e. The minimum Gasteiger partial charge on any atom is -0.350 e. The average Bonchev–Trinajstić information content (AvgIpc) is 3.60. The molecule has 0 unspecified atom stereocenters. The zero-order valence-corrected chi connectivity index (χ0v) is 22.7. The van der Waals surface area contributed by atoms with Crippen LogP contribution in [0.2, 0.25) is 5.02 Å². The molecule has 0 bridgehead atoms. The monoisotopic (exact) mass is 600 g/mol. The Kier molecular flexibility index (Phi) is 7.57. The van der Waals surface area contributed by atoms with Crippen LogP contribution in [-0.2, 0) is 11.3 Å². The van der Waals surface area contributed by atoms with Crippen LogP contribution in [0.5, 0.6) is 0 Å². The third kappa shape index (κ3) is 5.34. The van der Waals surface area contributed by atoms with Crippen molar-refractivity contribution in [3.05, 3.63) is 81.0 Å². The minimum absolute atomic E-state index is 0.00560. The number of rotatable bonds is 6. The number of carbonyl (C=O) groups is 2. The van der Waals surface area contributed by atoms with Gasteiger partial charge in [-0.15, -0.1) is 5.10 Å². The van der Waals surface area contributed by atoms with Crippen molar-refractivity contribution < 1.29 is 18.5 Å². The van der Waals surface area contributed by atoms with Crippen LogP contribution in [0.1, 0.15) is 34.7 Å². The number of aromatic nitrogens is 4. The molecule has 196 valence electrons. The largest absolute Gasteiger partial charge is 0.350 e. The maximum absolute atomic E-state index is 14.3. The van der Waals surface area contributed by atoms with Crippen LogP contribution in [0.4, 0.5) is 4.39 Å². The quantitative estimate of drug-likeness (QED) is 0.335. The van der Waals surface area contributed by atoms with E-state index in [0.717, 1.165) is 15.7 Å². The van der Waals surface area contributed by atoms with Gasteiger partial charge in [0.25, 0.3) is 5.91 Å². The van der Waals surface area contributed by atoms with Gasteiger partial charge < -0.3 is 14.7 Å². The molecule has 0 radical (unpaired) electrons. The molecule has 0 aliphatic carbocycles. The fourth-order valence-electron chi connectivity index (χ4n) is 4.37. The van der Waals surface area contributed by atoms with Crippen LogP contribution in [0.25, 0.3) is 16.9 Å². The molecule has 1 saturated heterocycles. The van der Waals surface area contributed by atoms with E-state index in [9.17, 15) is 14.0 Å². The molecule has 3 heterocycles. The van der Waals surface area contributed by atoms with E-state index >= 15 is 0 Å². The third-order valence-corrected chi connectivity index (χ3v) is 7.72. The highest BCUT2D eigenvalue weighted by atomic mass is 79.9. The van der Waals surface area contributed by atoms with Gasteiger partial charge in [0.1, 0.15) is 11.4 Å². The van der Waals surface area contributed by atoms with Crippen molar-refractivity contribution in [3.8, 4) is 16.9 Å². The number of hydrogen-bond donors (Lipinski definition) is 1. The number of benzene rings is 2. The van der Waals surface area contributed by atoms with Crippen molar-refractivity contribution >= 4 is 39.3 Å². The topological polar surface area (TPSA) is 106 Å². The molecule has 38 heavy (non-hydrogen) atoms. The zero-order chi connectivity index (χ0) is 26.8. The summed E-state index contributed by atoms with van der Waals surface area (Å²) < 4.78 is 22.1. The molecule has 9 nitrogen and oxygen atoms in total. The first-order valence-electron chi connectivity index (χ1n) is 12.0. The Morgan fingerprint density at radius 1 is 1.21 bits per heavy atom. The molecule has 2 aromatic carbocycles. The molecule has 4 aromatic rings. The van der Waals surface area contributed by atoms with Crippen molar-refractivity contribution in [2.24, 2.45) is 5.92 Å². The molecule has 0 saturated carbocycles. The molecular weight excluding hydrogens is 579 g/mol. The lowest BCUT2D eigenvalue weighted by Crippen LogP contribution is -2.42. The van der Waals surface area contributed by atoms with Gasteiger partial charge in [-0.25, -0.2) is 9.07 Å². The van der Waals surface area contributed by atoms with Crippen LogP contribution >= 0.6 is 27.5 Å². The van der Waals surface area contributed by atoms with E-state index in [0.29, 0.717) is 31.6 Å². The number of likely N-dealkylation sites (tertiary alicyclic amines) is 1. The number of hydrogen-bond acceptors (Lipinski definition) is 6. The summed E-state index contributed by atoms with van der Waals surface area (Å²) in [7, 11) is 0. The SMILES string of the molecule is Cc1c(Br)cccc1-n1cc(CNC(=O)C2CCN(C(=O)c3cc(-c4cccc(Cl)c4F)no3)CC2)nn1. The van der Waals surface area contributed by atoms with E-state index in [-0.39, 0.29) is 46.3 Å². The van der Waals surface area contributed by atoms with Crippen LogP contribution < -0.4 is 5.32 Å². The molecular formula is C26H23BrClFN6O3. The average molecular weight is 602 g/mol. The lowest BCUT2D eigenvalue weighted by molar-refractivity contribution is -0.126. The summed E-state index contributed by atoms with van der Waals surface area (Å²) in [5.41, 5.74) is 2.92. The lowest BCUT2D eigenvalue weighted by atomic mass is 9.95. The standard InChI is InChI=1S/C26H23BrClFN6O3/c1-15-19(27)5-3-7-22(15)35-14-17(31-33-35)13-30-25(36)16-8-10-34(11-9-16)26(37)23-12-21(32-38-23)18-4-2-6-20(28)24(18)29/h2-7,12,14,16H,8-11,13H2,1H3,(H,30,36). The highest BCUT2D eigenvalue weighted by Crippen LogP contribution is 2.28. The van der Waals surface area contributed by atoms with Gasteiger partial charge >= 0.3 is 0 Å². The first-order chi connectivity index (χ1) is 18.3. The lowest BCUT2D eigenvalue weighted by Gasteiger charge is -2.30. The molecule has 0 spiro atoms. The molecule has 1 fully saturated rings. The number of piperidine rings is 1. The summed E-state index contributed by atoms with van der Waals surface area (Å²) >= 11 is 9.35. The Morgan fingerprint density at radius 2 is 1.97 bits per heavy atom. The summed E-state index contributed by atoms with van der Waals surface area (Å²) in [4.78, 5) is 27.3. The Morgan fingerprint density at radius 3 is 2.76 bits per heavy atom. The maximum Gasteiger partial charge on any atom is 0.292 e. The van der Waals surface area contributed by atoms with Crippen LogP contribution in [-0.4, -0.2) is 50.0 Å². The van der Waals surface area contributed by atoms with Gasteiger partial charge in [0, 0.05) is 35.1 Å². The van der Waals surface area contributed by atoms with Gasteiger partial charge in [-0.1, -0.05) is 50.0 Å². The van der Waals surface area contributed by atoms with E-state index in [1.807, 2.05) is 25.1 Å². The van der Waals surface area contributed by atoms with Gasteiger partial charge in [-0.05, 0) is 49.6 Å². The molecule has 5 rings (SSSR count). The Balaban J connectivity index is 1.14. The predicted octanol–water partition coefficient (Wildman–Crippen LogP) is 4.95. The molecule has 1 aliphatic rings. The summed E-state index contributed by atoms with van der Waals surface area (Å²) in [6, 6.07) is 11.8. The van der Waals surface area contributed by atoms with Gasteiger partial charge in [-0.3, -0.25) is 9.59 Å². The first-order valence-corrected chi connectivity index (χ1v) is 13.1. The molecule has 2 aromatic heterocycles. The minimum atomic E-state index is -0.626. The molecule has 1 aliphatic heterocycles. The summed E-state index contributed by atoms with van der Waals surface area (Å²) in [5.74, 6) is -1.30. The van der Waals surface area contributed by atoms with Crippen LogP contribution in [0, 0.1) is 18.7 Å². The highest BCUT2D eigenvalue weighted by molar-refractivity contribution is 9.10. The van der Waals surface area contributed by atoms with Crippen molar-refractivity contribution in [1.82, 2.24) is 30.4 Å². The highest BCUT2D eigenvalue weighted by Gasteiger charge is 2.30. The Hall–Kier alpha value is -3.57. The second-order valence-electron chi connectivity index (χ2n) is 9.00. The van der Waals surface area contributed by atoms with Crippen molar-refractivity contribution in [2.45, 2.75) is 26.3 Å². The number of nitrogens with one attached hydrogen (secondary N) is 1. The van der Waals surface area contributed by atoms with Crippen molar-refractivity contribution in [3.63, 3.8) is 0 Å². The second-order valence-corrected chi connectivity index (χ2v) is 10.3. The molecule has 1 N–H and O–H groups in total. The molecule has 12 heteroatoms. The van der Waals surface area contributed by atoms with Gasteiger partial charge in [0.15, 0.2) is 5.82 Å². The van der Waals surface area contributed by atoms with Crippen LogP contribution in [0.15, 0.2) is 57.7 Å². The van der Waals surface area contributed by atoms with Gasteiger partial charge in [-0.2, -0.15) is 0 Å². The summed E-state index contributed by atoms with van der Waals surface area (Å²) in [5, 5.41) is 15.1. The molecule has 2 amide bonds. The third-order valence-electron chi connectivity index (χ3n) is 6.57. The second kappa shape index (κ2) is 11.0. The molecule has 0 atom stereocenters. The fourth-order valence-corrected chi connectivity index (χ4v) is 4.90. The fraction of sp³-hybridized carbons (Fsp3) is 0.269. The zero-order valence-electron chi connectivity index (χ0n) is 20.3. The number of nitrogens with zero attached hydrogens (tertiary/aromatic N) is 5. The number of carbonyl (C=O) groups excluding carboxylic acids is 2. The predicted molar refractivity (Wildman–Crippen MR) is 141 cm³/mol. The van der Waals surface area contributed by atoms with Gasteiger partial charge in [0.2, 0.25) is 11.7 Å². The van der Waals surface area contributed by atoms with E-state index in [4.69, 9.17) is 16.1 Å². The van der Waals surface area contributed by atoms with Crippen molar-refractivity contribution in [1.29, 1.82) is 0 Å². The maximum atomic E-state index is 14.3.